The fourth-order valence-corrected chi connectivity index (χ4v) is 2.88. The topological polar surface area (TPSA) is 76.3 Å². The van der Waals surface area contributed by atoms with Crippen molar-refractivity contribution in [1.29, 1.82) is 5.26 Å². The van der Waals surface area contributed by atoms with Gasteiger partial charge < -0.3 is 4.90 Å². The molecule has 0 aromatic carbocycles. The normalized spacial score (nSPS) is 11.4. The molecule has 0 saturated heterocycles. The van der Waals surface area contributed by atoms with Crippen LogP contribution in [0.5, 0.6) is 0 Å². The molecule has 19 heavy (non-hydrogen) atoms. The molecule has 0 saturated carbocycles. The Balaban J connectivity index is 2.38. The van der Waals surface area contributed by atoms with E-state index in [0.717, 1.165) is 23.0 Å². The second-order valence-electron chi connectivity index (χ2n) is 3.92. The Bertz CT molecular complexity index is 448. The highest BCUT2D eigenvalue weighted by Crippen LogP contribution is 2.15. The fraction of sp³-hybridized carbons (Fsp3) is 0.545. The minimum atomic E-state index is 0.485. The Morgan fingerprint density at radius 2 is 2.42 bits per heavy atom. The Morgan fingerprint density at radius 3 is 3.05 bits per heavy atom. The first-order chi connectivity index (χ1) is 9.15. The van der Waals surface area contributed by atoms with Crippen LogP contribution >= 0.6 is 23.3 Å². The molecule has 1 rings (SSSR count). The van der Waals surface area contributed by atoms with E-state index in [2.05, 4.69) is 30.3 Å². The number of thiazole rings is 1. The fourth-order valence-electron chi connectivity index (χ4n) is 1.25. The third-order valence-electron chi connectivity index (χ3n) is 1.93. The van der Waals surface area contributed by atoms with Crippen LogP contribution in [0.25, 0.3) is 0 Å². The predicted octanol–water partition coefficient (Wildman–Crippen LogP) is 1.39. The van der Waals surface area contributed by atoms with Gasteiger partial charge in [-0.05, 0) is 33.0 Å². The van der Waals surface area contributed by atoms with Crippen LogP contribution in [0.1, 0.15) is 17.6 Å². The van der Waals surface area contributed by atoms with Crippen molar-refractivity contribution in [3.63, 3.8) is 0 Å². The lowest BCUT2D eigenvalue weighted by Gasteiger charge is -2.06. The van der Waals surface area contributed by atoms with Crippen LogP contribution in [0.15, 0.2) is 10.4 Å². The van der Waals surface area contributed by atoms with Crippen molar-refractivity contribution in [2.24, 2.45) is 4.99 Å². The number of nitrogens with zero attached hydrogens (tertiary/aromatic N) is 4. The summed E-state index contributed by atoms with van der Waals surface area (Å²) < 4.78 is 3.01. The van der Waals surface area contributed by atoms with Crippen molar-refractivity contribution in [2.45, 2.75) is 19.2 Å². The average Bonchev–Trinajstić information content (AvgIpc) is 2.76. The van der Waals surface area contributed by atoms with Crippen LogP contribution in [0.2, 0.25) is 0 Å². The zero-order valence-electron chi connectivity index (χ0n) is 11.3. The molecule has 0 radical (unpaired) electrons. The zero-order valence-corrected chi connectivity index (χ0v) is 12.9. The van der Waals surface area contributed by atoms with E-state index in [-0.39, 0.29) is 0 Å². The van der Waals surface area contributed by atoms with Crippen molar-refractivity contribution in [3.05, 3.63) is 16.1 Å². The molecular formula is C11H18N6S2. The molecule has 0 fully saturated rings. The average molecular weight is 298 g/mol. The van der Waals surface area contributed by atoms with Gasteiger partial charge >= 0.3 is 0 Å². The SMILES string of the molecule is CCN=C(NC#N)NSCc1csc(CN(C)C)n1. The lowest BCUT2D eigenvalue weighted by molar-refractivity contribution is 0.401. The molecule has 0 bridgehead atoms. The predicted molar refractivity (Wildman–Crippen MR) is 80.7 cm³/mol. The number of guanidine groups is 1. The molecule has 0 aliphatic carbocycles. The summed E-state index contributed by atoms with van der Waals surface area (Å²) in [5, 5.41) is 14.2. The molecule has 1 aromatic heterocycles. The maximum absolute atomic E-state index is 8.56. The molecule has 104 valence electrons. The molecule has 0 atom stereocenters. The van der Waals surface area contributed by atoms with E-state index in [1.807, 2.05) is 27.2 Å². The maximum Gasteiger partial charge on any atom is 0.214 e. The van der Waals surface area contributed by atoms with Crippen LogP contribution in [0.3, 0.4) is 0 Å². The van der Waals surface area contributed by atoms with Crippen LogP contribution in [-0.4, -0.2) is 36.5 Å². The molecule has 2 N–H and O–H groups in total. The molecule has 6 nitrogen and oxygen atoms in total. The van der Waals surface area contributed by atoms with Gasteiger partial charge in [-0.25, -0.2) is 4.98 Å². The van der Waals surface area contributed by atoms with E-state index in [9.17, 15) is 0 Å². The molecular weight excluding hydrogens is 280 g/mol. The van der Waals surface area contributed by atoms with Crippen LogP contribution in [0, 0.1) is 11.5 Å². The molecule has 0 aliphatic rings. The van der Waals surface area contributed by atoms with Crippen LogP contribution in [-0.2, 0) is 12.3 Å². The first kappa shape index (κ1) is 15.8. The standard InChI is InChI=1S/C11H18N6S2/c1-4-13-11(14-8-12)16-19-7-9-6-18-10(15-9)5-17(2)3/h6H,4-5,7H2,1-3H3,(H2,13,14,16). The van der Waals surface area contributed by atoms with E-state index in [0.29, 0.717) is 12.5 Å². The summed E-state index contributed by atoms with van der Waals surface area (Å²) in [5.41, 5.74) is 1.03. The molecule has 1 aromatic rings. The zero-order chi connectivity index (χ0) is 14.1. The van der Waals surface area contributed by atoms with Crippen molar-refractivity contribution in [1.82, 2.24) is 19.9 Å². The summed E-state index contributed by atoms with van der Waals surface area (Å²) >= 11 is 3.13. The van der Waals surface area contributed by atoms with Gasteiger partial charge in [-0.2, -0.15) is 5.26 Å². The lowest BCUT2D eigenvalue weighted by atomic mass is 10.5. The third kappa shape index (κ3) is 6.42. The van der Waals surface area contributed by atoms with Crippen molar-refractivity contribution in [3.8, 4) is 6.19 Å². The summed E-state index contributed by atoms with van der Waals surface area (Å²) in [6.45, 7) is 3.40. The number of hydrogen-bond acceptors (Lipinski definition) is 6. The van der Waals surface area contributed by atoms with E-state index in [1.54, 1.807) is 11.3 Å². The number of nitrogens with one attached hydrogen (secondary N) is 2. The highest BCUT2D eigenvalue weighted by atomic mass is 32.2. The summed E-state index contributed by atoms with van der Waals surface area (Å²) in [4.78, 5) is 10.7. The van der Waals surface area contributed by atoms with Gasteiger partial charge in [-0.1, -0.05) is 0 Å². The van der Waals surface area contributed by atoms with Gasteiger partial charge in [0.05, 0.1) is 11.4 Å². The smallest absolute Gasteiger partial charge is 0.214 e. The van der Waals surface area contributed by atoms with Gasteiger partial charge in [0.25, 0.3) is 0 Å². The van der Waals surface area contributed by atoms with Gasteiger partial charge in [-0.15, -0.1) is 11.3 Å². The summed E-state index contributed by atoms with van der Waals surface area (Å²) in [6.07, 6.45) is 1.85. The second-order valence-corrected chi connectivity index (χ2v) is 5.64. The number of nitriles is 1. The van der Waals surface area contributed by atoms with E-state index in [1.165, 1.54) is 11.9 Å². The van der Waals surface area contributed by atoms with Gasteiger partial charge in [-0.3, -0.25) is 15.0 Å². The molecule has 1 heterocycles. The third-order valence-corrected chi connectivity index (χ3v) is 3.59. The first-order valence-electron chi connectivity index (χ1n) is 5.81. The Labute approximate surface area is 122 Å². The molecule has 0 amide bonds. The maximum atomic E-state index is 8.56. The minimum absolute atomic E-state index is 0.485. The second kappa shape index (κ2) is 8.74. The van der Waals surface area contributed by atoms with E-state index in [4.69, 9.17) is 5.26 Å². The highest BCUT2D eigenvalue weighted by molar-refractivity contribution is 7.97. The monoisotopic (exact) mass is 298 g/mol. The summed E-state index contributed by atoms with van der Waals surface area (Å²) in [7, 11) is 4.05. The van der Waals surface area contributed by atoms with E-state index < -0.39 is 0 Å². The van der Waals surface area contributed by atoms with E-state index >= 15 is 0 Å². The lowest BCUT2D eigenvalue weighted by Crippen LogP contribution is -2.30. The Hall–Kier alpha value is -1.30. The quantitative estimate of drug-likeness (QED) is 0.272. The van der Waals surface area contributed by atoms with Crippen molar-refractivity contribution < 1.29 is 0 Å². The summed E-state index contributed by atoms with van der Waals surface area (Å²) in [6, 6.07) is 0. The highest BCUT2D eigenvalue weighted by Gasteiger charge is 2.04. The minimum Gasteiger partial charge on any atom is -0.303 e. The van der Waals surface area contributed by atoms with Gasteiger partial charge in [0.2, 0.25) is 5.96 Å². The van der Waals surface area contributed by atoms with Crippen molar-refractivity contribution >= 4 is 29.2 Å². The van der Waals surface area contributed by atoms with Crippen LogP contribution in [0.4, 0.5) is 0 Å². The first-order valence-corrected chi connectivity index (χ1v) is 7.67. The molecule has 0 unspecified atom stereocenters. The van der Waals surface area contributed by atoms with Gasteiger partial charge in [0.15, 0.2) is 6.19 Å². The van der Waals surface area contributed by atoms with Crippen LogP contribution < -0.4 is 10.0 Å². The number of aromatic nitrogens is 1. The molecule has 0 spiro atoms. The number of aliphatic imine (C=N–C) groups is 1. The number of rotatable bonds is 6. The Kier molecular flexibility index (Phi) is 7.25. The molecule has 0 aliphatic heterocycles. The molecule has 8 heteroatoms. The summed E-state index contributed by atoms with van der Waals surface area (Å²) in [5.74, 6) is 1.22. The van der Waals surface area contributed by atoms with Gasteiger partial charge in [0.1, 0.15) is 5.01 Å². The van der Waals surface area contributed by atoms with Crippen molar-refractivity contribution in [2.75, 3.05) is 20.6 Å². The number of hydrogen-bond donors (Lipinski definition) is 2. The Morgan fingerprint density at radius 1 is 1.63 bits per heavy atom. The largest absolute Gasteiger partial charge is 0.303 e. The van der Waals surface area contributed by atoms with Gasteiger partial charge in [0, 0.05) is 18.5 Å².